The molecule has 4 heteroatoms. The summed E-state index contributed by atoms with van der Waals surface area (Å²) >= 11 is 0. The van der Waals surface area contributed by atoms with E-state index in [-0.39, 0.29) is 12.5 Å². The second-order valence-corrected chi connectivity index (χ2v) is 6.61. The molecule has 0 radical (unpaired) electrons. The van der Waals surface area contributed by atoms with Crippen LogP contribution in [0.3, 0.4) is 0 Å². The van der Waals surface area contributed by atoms with Crippen LogP contribution in [-0.2, 0) is 4.74 Å². The van der Waals surface area contributed by atoms with Gasteiger partial charge in [-0.2, -0.15) is 0 Å². The van der Waals surface area contributed by atoms with Crippen molar-refractivity contribution in [2.24, 2.45) is 5.73 Å². The average molecular weight is 329 g/mol. The predicted octanol–water partition coefficient (Wildman–Crippen LogP) is 4.33. The summed E-state index contributed by atoms with van der Waals surface area (Å²) in [6.07, 6.45) is -0.725. The minimum Gasteiger partial charge on any atom is -0.444 e. The molecule has 130 valence electrons. The summed E-state index contributed by atoms with van der Waals surface area (Å²) < 4.78 is 4.58. The Morgan fingerprint density at radius 2 is 1.54 bits per heavy atom. The molecule has 1 atom stereocenters. The molecule has 0 bridgehead atoms. The van der Waals surface area contributed by atoms with Gasteiger partial charge in [0.15, 0.2) is 0 Å². The first kappa shape index (κ1) is 19.7. The molecule has 0 aromatic heterocycles. The molecule has 0 heterocycles. The first-order chi connectivity index (χ1) is 11.2. The van der Waals surface area contributed by atoms with Crippen LogP contribution in [0.2, 0.25) is 0 Å². The molecule has 1 unspecified atom stereocenters. The third kappa shape index (κ3) is 7.29. The summed E-state index contributed by atoms with van der Waals surface area (Å²) in [5, 5.41) is 9.07. The Morgan fingerprint density at radius 3 is 1.92 bits per heavy atom. The van der Waals surface area contributed by atoms with Crippen molar-refractivity contribution in [3.8, 4) is 11.1 Å². The van der Waals surface area contributed by atoms with Crippen LogP contribution in [0.15, 0.2) is 54.6 Å². The molecule has 0 aliphatic carbocycles. The number of rotatable bonds is 3. The van der Waals surface area contributed by atoms with Crippen LogP contribution < -0.4 is 5.73 Å². The fourth-order valence-corrected chi connectivity index (χ4v) is 2.04. The van der Waals surface area contributed by atoms with Crippen LogP contribution in [0.1, 0.15) is 39.2 Å². The zero-order valence-corrected chi connectivity index (χ0v) is 14.8. The zero-order valence-electron chi connectivity index (χ0n) is 14.8. The number of amides is 1. The molecule has 2 aromatic rings. The van der Waals surface area contributed by atoms with Crippen molar-refractivity contribution in [2.45, 2.75) is 39.2 Å². The second-order valence-electron chi connectivity index (χ2n) is 6.61. The molecule has 0 aliphatic rings. The third-order valence-corrected chi connectivity index (χ3v) is 3.27. The normalized spacial score (nSPS) is 11.9. The van der Waals surface area contributed by atoms with Crippen LogP contribution in [0.5, 0.6) is 0 Å². The van der Waals surface area contributed by atoms with E-state index in [9.17, 15) is 4.79 Å². The van der Waals surface area contributed by atoms with Gasteiger partial charge in [-0.25, -0.2) is 4.79 Å². The summed E-state index contributed by atoms with van der Waals surface area (Å²) in [7, 11) is 0. The van der Waals surface area contributed by atoms with E-state index < -0.39 is 11.7 Å². The number of aliphatic hydroxyl groups is 1. The third-order valence-electron chi connectivity index (χ3n) is 3.27. The molecule has 0 saturated heterocycles. The number of carbonyl (C=O) groups excluding carboxylic acids is 1. The second kappa shape index (κ2) is 9.08. The first-order valence-electron chi connectivity index (χ1n) is 7.97. The average Bonchev–Trinajstić information content (AvgIpc) is 2.53. The summed E-state index contributed by atoms with van der Waals surface area (Å²) in [5.41, 5.74) is 7.89. The first-order valence-corrected chi connectivity index (χ1v) is 7.97. The molecule has 0 fully saturated rings. The van der Waals surface area contributed by atoms with E-state index in [4.69, 9.17) is 10.8 Å². The molecule has 0 spiro atoms. The monoisotopic (exact) mass is 329 g/mol. The Hall–Kier alpha value is -2.33. The molecule has 24 heavy (non-hydrogen) atoms. The van der Waals surface area contributed by atoms with Gasteiger partial charge in [-0.1, -0.05) is 61.5 Å². The van der Waals surface area contributed by atoms with Crippen molar-refractivity contribution in [1.29, 1.82) is 0 Å². The fourth-order valence-electron chi connectivity index (χ4n) is 2.04. The Morgan fingerprint density at radius 1 is 1.04 bits per heavy atom. The van der Waals surface area contributed by atoms with E-state index in [2.05, 4.69) is 41.1 Å². The number of aliphatic hydroxyl groups excluding tert-OH is 1. The van der Waals surface area contributed by atoms with Crippen molar-refractivity contribution in [3.05, 3.63) is 60.2 Å². The SMILES string of the molecule is CC(C)(C)OC(N)=O.CC(CO)c1ccc(-c2ccccc2)cc1. The highest BCUT2D eigenvalue weighted by Gasteiger charge is 2.12. The van der Waals surface area contributed by atoms with Crippen LogP contribution in [0, 0.1) is 0 Å². The van der Waals surface area contributed by atoms with Crippen molar-refractivity contribution in [3.63, 3.8) is 0 Å². The van der Waals surface area contributed by atoms with Gasteiger partial charge in [-0.15, -0.1) is 0 Å². The van der Waals surface area contributed by atoms with Crippen molar-refractivity contribution < 1.29 is 14.6 Å². The summed E-state index contributed by atoms with van der Waals surface area (Å²) in [6, 6.07) is 18.7. The number of hydrogen-bond donors (Lipinski definition) is 2. The van der Waals surface area contributed by atoms with E-state index in [1.807, 2.05) is 25.1 Å². The quantitative estimate of drug-likeness (QED) is 0.880. The number of nitrogens with two attached hydrogens (primary N) is 1. The topological polar surface area (TPSA) is 72.5 Å². The van der Waals surface area contributed by atoms with E-state index >= 15 is 0 Å². The Balaban J connectivity index is 0.000000307. The highest BCUT2D eigenvalue weighted by atomic mass is 16.6. The van der Waals surface area contributed by atoms with Gasteiger partial charge < -0.3 is 15.6 Å². The fraction of sp³-hybridized carbons (Fsp3) is 0.350. The minimum atomic E-state index is -0.725. The number of carbonyl (C=O) groups is 1. The highest BCUT2D eigenvalue weighted by molar-refractivity contribution is 5.65. The lowest BCUT2D eigenvalue weighted by atomic mass is 9.98. The number of benzene rings is 2. The van der Waals surface area contributed by atoms with Gasteiger partial charge in [-0.3, -0.25) is 0 Å². The van der Waals surface area contributed by atoms with Crippen molar-refractivity contribution in [2.75, 3.05) is 6.61 Å². The van der Waals surface area contributed by atoms with Crippen molar-refractivity contribution in [1.82, 2.24) is 0 Å². The van der Waals surface area contributed by atoms with Gasteiger partial charge in [0.05, 0.1) is 0 Å². The Kier molecular flexibility index (Phi) is 7.46. The molecule has 3 N–H and O–H groups in total. The molecule has 1 amide bonds. The molecular formula is C20H27NO3. The summed E-state index contributed by atoms with van der Waals surface area (Å²) in [6.45, 7) is 7.51. The van der Waals surface area contributed by atoms with Crippen LogP contribution in [0.25, 0.3) is 11.1 Å². The number of primary amides is 1. The van der Waals surface area contributed by atoms with E-state index in [0.29, 0.717) is 0 Å². The lowest BCUT2D eigenvalue weighted by Gasteiger charge is -2.16. The van der Waals surface area contributed by atoms with Gasteiger partial charge in [-0.05, 0) is 37.5 Å². The molecule has 4 nitrogen and oxygen atoms in total. The smallest absolute Gasteiger partial charge is 0.405 e. The van der Waals surface area contributed by atoms with Gasteiger partial charge in [0, 0.05) is 12.5 Å². The van der Waals surface area contributed by atoms with Gasteiger partial charge in [0.2, 0.25) is 0 Å². The summed E-state index contributed by atoms with van der Waals surface area (Å²) in [5.74, 6) is 0.213. The van der Waals surface area contributed by atoms with Crippen LogP contribution in [0.4, 0.5) is 4.79 Å². The van der Waals surface area contributed by atoms with Gasteiger partial charge in [0.1, 0.15) is 5.60 Å². The molecule has 2 aromatic carbocycles. The van der Waals surface area contributed by atoms with E-state index in [0.717, 1.165) is 0 Å². The van der Waals surface area contributed by atoms with E-state index in [1.54, 1.807) is 20.8 Å². The number of ether oxygens (including phenoxy) is 1. The maximum Gasteiger partial charge on any atom is 0.405 e. The van der Waals surface area contributed by atoms with Gasteiger partial charge >= 0.3 is 6.09 Å². The van der Waals surface area contributed by atoms with Crippen molar-refractivity contribution >= 4 is 6.09 Å². The Labute approximate surface area is 144 Å². The maximum atomic E-state index is 10.0. The molecule has 0 aliphatic heterocycles. The maximum absolute atomic E-state index is 10.0. The largest absolute Gasteiger partial charge is 0.444 e. The lowest BCUT2D eigenvalue weighted by molar-refractivity contribution is 0.0600. The van der Waals surface area contributed by atoms with E-state index in [1.165, 1.54) is 16.7 Å². The zero-order chi connectivity index (χ0) is 18.2. The predicted molar refractivity (Wildman–Crippen MR) is 97.8 cm³/mol. The standard InChI is InChI=1S/C15H16O.C5H11NO2/c1-12(11-16)13-7-9-15(10-8-13)14-5-3-2-4-6-14;1-5(2,3)8-4(6)7/h2-10,12,16H,11H2,1H3;1-3H3,(H2,6,7). The molecular weight excluding hydrogens is 302 g/mol. The molecule has 2 rings (SSSR count). The van der Waals surface area contributed by atoms with Gasteiger partial charge in [0.25, 0.3) is 0 Å². The van der Waals surface area contributed by atoms with Crippen LogP contribution >= 0.6 is 0 Å². The molecule has 0 saturated carbocycles. The summed E-state index contributed by atoms with van der Waals surface area (Å²) in [4.78, 5) is 10.0. The highest BCUT2D eigenvalue weighted by Crippen LogP contribution is 2.22. The Bertz CT molecular complexity index is 616. The lowest BCUT2D eigenvalue weighted by Crippen LogP contribution is -2.27. The number of hydrogen-bond acceptors (Lipinski definition) is 3. The van der Waals surface area contributed by atoms with Crippen LogP contribution in [-0.4, -0.2) is 23.4 Å². The minimum absolute atomic E-state index is 0.199.